The summed E-state index contributed by atoms with van der Waals surface area (Å²) in [6, 6.07) is 9.05. The number of esters is 3. The molecule has 0 saturated heterocycles. The number of amides is 2. The van der Waals surface area contributed by atoms with Crippen molar-refractivity contribution in [3.63, 3.8) is 0 Å². The van der Waals surface area contributed by atoms with Gasteiger partial charge in [-0.3, -0.25) is 9.59 Å². The quantitative estimate of drug-likeness (QED) is 0.437. The highest BCUT2D eigenvalue weighted by molar-refractivity contribution is 6.33. The summed E-state index contributed by atoms with van der Waals surface area (Å²) in [4.78, 5) is 60.2. The second-order valence-electron chi connectivity index (χ2n) is 6.61. The molecule has 0 aliphatic carbocycles. The number of rotatable bonds is 8. The van der Waals surface area contributed by atoms with Crippen LogP contribution in [-0.4, -0.2) is 56.6 Å². The fraction of sp³-hybridized carbons (Fsp3) is 0.227. The molecule has 2 amide bonds. The van der Waals surface area contributed by atoms with Crippen molar-refractivity contribution in [2.45, 2.75) is 13.0 Å². The minimum atomic E-state index is -1.06. The van der Waals surface area contributed by atoms with E-state index in [1.165, 1.54) is 37.3 Å². The Morgan fingerprint density at radius 2 is 1.52 bits per heavy atom. The van der Waals surface area contributed by atoms with E-state index in [1.807, 2.05) is 0 Å². The second kappa shape index (κ2) is 11.6. The van der Waals surface area contributed by atoms with Crippen molar-refractivity contribution in [1.82, 2.24) is 5.32 Å². The van der Waals surface area contributed by atoms with Crippen LogP contribution in [0, 0.1) is 0 Å². The molecule has 2 aromatic carbocycles. The van der Waals surface area contributed by atoms with Crippen molar-refractivity contribution in [1.29, 1.82) is 0 Å². The molecule has 0 radical (unpaired) electrons. The molecule has 0 spiro atoms. The molecule has 10 nitrogen and oxygen atoms in total. The zero-order valence-corrected chi connectivity index (χ0v) is 18.7. The number of nitrogens with one attached hydrogen (secondary N) is 2. The maximum atomic E-state index is 12.2. The Kier molecular flexibility index (Phi) is 8.93. The van der Waals surface area contributed by atoms with E-state index in [9.17, 15) is 24.0 Å². The van der Waals surface area contributed by atoms with E-state index in [-0.39, 0.29) is 27.4 Å². The van der Waals surface area contributed by atoms with Crippen molar-refractivity contribution >= 4 is 47.0 Å². The van der Waals surface area contributed by atoms with Crippen LogP contribution >= 0.6 is 11.6 Å². The Balaban J connectivity index is 1.98. The van der Waals surface area contributed by atoms with Crippen LogP contribution in [0.3, 0.4) is 0 Å². The Labute approximate surface area is 194 Å². The number of methoxy groups -OCH3 is 2. The zero-order chi connectivity index (χ0) is 24.5. The Morgan fingerprint density at radius 3 is 2.06 bits per heavy atom. The number of halogens is 1. The van der Waals surface area contributed by atoms with Crippen LogP contribution in [0.4, 0.5) is 5.69 Å². The molecule has 0 heterocycles. The van der Waals surface area contributed by atoms with Crippen molar-refractivity contribution in [2.75, 3.05) is 26.1 Å². The summed E-state index contributed by atoms with van der Waals surface area (Å²) in [6.45, 7) is 0.707. The summed E-state index contributed by atoms with van der Waals surface area (Å²) in [6.07, 6.45) is 0. The molecule has 2 aromatic rings. The first-order valence-electron chi connectivity index (χ1n) is 9.49. The van der Waals surface area contributed by atoms with Crippen molar-refractivity contribution < 1.29 is 38.2 Å². The predicted octanol–water partition coefficient (Wildman–Crippen LogP) is 2.21. The van der Waals surface area contributed by atoms with Gasteiger partial charge in [-0.05, 0) is 37.3 Å². The highest BCUT2D eigenvalue weighted by Gasteiger charge is 2.21. The number of hydrogen-bond donors (Lipinski definition) is 2. The highest BCUT2D eigenvalue weighted by Crippen LogP contribution is 2.17. The molecule has 1 atom stereocenters. The molecule has 2 rings (SSSR count). The van der Waals surface area contributed by atoms with E-state index in [0.717, 1.165) is 14.2 Å². The van der Waals surface area contributed by atoms with Gasteiger partial charge >= 0.3 is 17.9 Å². The fourth-order valence-corrected chi connectivity index (χ4v) is 2.83. The van der Waals surface area contributed by atoms with Gasteiger partial charge in [-0.15, -0.1) is 0 Å². The molecule has 0 unspecified atom stereocenters. The number of anilines is 1. The molecule has 0 aliphatic rings. The van der Waals surface area contributed by atoms with Crippen LogP contribution < -0.4 is 10.6 Å². The minimum Gasteiger partial charge on any atom is -0.465 e. The molecule has 0 aromatic heterocycles. The summed E-state index contributed by atoms with van der Waals surface area (Å²) in [7, 11) is 2.33. The lowest BCUT2D eigenvalue weighted by molar-refractivity contribution is -0.148. The zero-order valence-electron chi connectivity index (χ0n) is 18.0. The number of carbonyl (C=O) groups is 5. The minimum absolute atomic E-state index is 0.00334. The van der Waals surface area contributed by atoms with Crippen LogP contribution in [0.2, 0.25) is 5.02 Å². The SMILES string of the molecule is COC(=O)c1cc(NC(=O)COC(=O)[C@H](C)NC(=O)c2ccccc2Cl)cc(C(=O)OC)c1. The molecule has 174 valence electrons. The number of benzene rings is 2. The molecule has 33 heavy (non-hydrogen) atoms. The predicted molar refractivity (Wildman–Crippen MR) is 117 cm³/mol. The van der Waals surface area contributed by atoms with Crippen LogP contribution in [-0.2, 0) is 23.8 Å². The van der Waals surface area contributed by atoms with E-state index in [1.54, 1.807) is 12.1 Å². The Bertz CT molecular complexity index is 1050. The third-order valence-electron chi connectivity index (χ3n) is 4.22. The maximum Gasteiger partial charge on any atom is 0.337 e. The summed E-state index contributed by atoms with van der Waals surface area (Å²) < 4.78 is 14.2. The van der Waals surface area contributed by atoms with Gasteiger partial charge < -0.3 is 24.8 Å². The first-order chi connectivity index (χ1) is 15.7. The molecule has 0 bridgehead atoms. The number of ether oxygens (including phenoxy) is 3. The lowest BCUT2D eigenvalue weighted by atomic mass is 10.1. The van der Waals surface area contributed by atoms with Crippen LogP contribution in [0.5, 0.6) is 0 Å². The van der Waals surface area contributed by atoms with E-state index >= 15 is 0 Å². The third kappa shape index (κ3) is 7.04. The topological polar surface area (TPSA) is 137 Å². The normalized spacial score (nSPS) is 11.0. The van der Waals surface area contributed by atoms with Crippen molar-refractivity contribution in [2.24, 2.45) is 0 Å². The summed E-state index contributed by atoms with van der Waals surface area (Å²) in [5, 5.41) is 5.06. The lowest BCUT2D eigenvalue weighted by Gasteiger charge is -2.14. The lowest BCUT2D eigenvalue weighted by Crippen LogP contribution is -2.40. The third-order valence-corrected chi connectivity index (χ3v) is 4.55. The van der Waals surface area contributed by atoms with E-state index < -0.39 is 42.4 Å². The first-order valence-corrected chi connectivity index (χ1v) is 9.87. The van der Waals surface area contributed by atoms with Crippen molar-refractivity contribution in [3.8, 4) is 0 Å². The number of hydrogen-bond acceptors (Lipinski definition) is 8. The number of carbonyl (C=O) groups excluding carboxylic acids is 5. The van der Waals surface area contributed by atoms with Gasteiger partial charge in [-0.1, -0.05) is 23.7 Å². The Morgan fingerprint density at radius 1 is 0.939 bits per heavy atom. The molecule has 11 heteroatoms. The fourth-order valence-electron chi connectivity index (χ4n) is 2.61. The van der Waals surface area contributed by atoms with Gasteiger partial charge in [0.1, 0.15) is 6.04 Å². The monoisotopic (exact) mass is 476 g/mol. The molecular weight excluding hydrogens is 456 g/mol. The summed E-state index contributed by atoms with van der Waals surface area (Å²) in [5.41, 5.74) is 0.273. The van der Waals surface area contributed by atoms with E-state index in [4.69, 9.17) is 16.3 Å². The second-order valence-corrected chi connectivity index (χ2v) is 7.02. The molecule has 0 aliphatic heterocycles. The van der Waals surface area contributed by atoms with Gasteiger partial charge in [0, 0.05) is 5.69 Å². The van der Waals surface area contributed by atoms with Crippen LogP contribution in [0.15, 0.2) is 42.5 Å². The van der Waals surface area contributed by atoms with Gasteiger partial charge in [0.25, 0.3) is 11.8 Å². The molecular formula is C22H21ClN2O8. The average molecular weight is 477 g/mol. The van der Waals surface area contributed by atoms with Gasteiger partial charge in [0.05, 0.1) is 35.9 Å². The van der Waals surface area contributed by atoms with Crippen LogP contribution in [0.25, 0.3) is 0 Å². The van der Waals surface area contributed by atoms with E-state index in [0.29, 0.717) is 0 Å². The maximum absolute atomic E-state index is 12.2. The first kappa shape index (κ1) is 25.3. The summed E-state index contributed by atoms with van der Waals surface area (Å²) >= 11 is 5.95. The van der Waals surface area contributed by atoms with Gasteiger partial charge in [0.15, 0.2) is 6.61 Å². The van der Waals surface area contributed by atoms with Crippen LogP contribution in [0.1, 0.15) is 38.0 Å². The standard InChI is InChI=1S/C22H21ClN2O8/c1-12(24-19(27)16-6-4-5-7-17(16)23)20(28)33-11-18(26)25-15-9-13(21(29)31-2)8-14(10-15)22(30)32-3/h4-10,12H,11H2,1-3H3,(H,24,27)(H,25,26)/t12-/m0/s1. The molecule has 2 N–H and O–H groups in total. The van der Waals surface area contributed by atoms with Crippen molar-refractivity contribution in [3.05, 3.63) is 64.2 Å². The average Bonchev–Trinajstić information content (AvgIpc) is 2.81. The highest BCUT2D eigenvalue weighted by atomic mass is 35.5. The Hall–Kier alpha value is -3.92. The van der Waals surface area contributed by atoms with E-state index in [2.05, 4.69) is 20.1 Å². The smallest absolute Gasteiger partial charge is 0.337 e. The molecule has 0 fully saturated rings. The van der Waals surface area contributed by atoms with Gasteiger partial charge in [0.2, 0.25) is 0 Å². The largest absolute Gasteiger partial charge is 0.465 e. The van der Waals surface area contributed by atoms with Gasteiger partial charge in [-0.2, -0.15) is 0 Å². The summed E-state index contributed by atoms with van der Waals surface area (Å²) in [5.74, 6) is -3.64. The molecule has 0 saturated carbocycles. The van der Waals surface area contributed by atoms with Gasteiger partial charge in [-0.25, -0.2) is 14.4 Å².